The number of hydrogen-bond acceptors (Lipinski definition) is 4. The summed E-state index contributed by atoms with van der Waals surface area (Å²) in [7, 11) is 0. The summed E-state index contributed by atoms with van der Waals surface area (Å²) in [6.07, 6.45) is 2.60. The summed E-state index contributed by atoms with van der Waals surface area (Å²) < 4.78 is 0. The summed E-state index contributed by atoms with van der Waals surface area (Å²) in [4.78, 5) is 30.3. The van der Waals surface area contributed by atoms with E-state index in [1.54, 1.807) is 30.3 Å². The number of likely N-dealkylation sites (tertiary alicyclic amines) is 1. The summed E-state index contributed by atoms with van der Waals surface area (Å²) in [6.45, 7) is 3.25. The van der Waals surface area contributed by atoms with Crippen LogP contribution in [-0.2, 0) is 16.0 Å². The van der Waals surface area contributed by atoms with E-state index in [0.717, 1.165) is 24.8 Å². The van der Waals surface area contributed by atoms with Crippen molar-refractivity contribution >= 4 is 46.3 Å². The number of aliphatic hydroxyl groups excluding tert-OH is 1. The van der Waals surface area contributed by atoms with Crippen LogP contribution in [0.1, 0.15) is 30.9 Å². The summed E-state index contributed by atoms with van der Waals surface area (Å²) in [5.41, 5.74) is 2.76. The zero-order chi connectivity index (χ0) is 22.1. The number of aryl methyl sites for hydroxylation is 1. The number of amides is 2. The van der Waals surface area contributed by atoms with Gasteiger partial charge in [-0.05, 0) is 55.0 Å². The maximum absolute atomic E-state index is 13.6. The van der Waals surface area contributed by atoms with Gasteiger partial charge in [0.2, 0.25) is 0 Å². The molecule has 4 rings (SSSR count). The number of halogens is 2. The molecule has 2 heterocycles. The van der Waals surface area contributed by atoms with E-state index < -0.39 is 5.91 Å². The van der Waals surface area contributed by atoms with Crippen molar-refractivity contribution in [1.82, 2.24) is 4.90 Å². The monoisotopic (exact) mass is 458 g/mol. The van der Waals surface area contributed by atoms with Crippen LogP contribution in [0.5, 0.6) is 0 Å². The maximum Gasteiger partial charge on any atom is 0.282 e. The van der Waals surface area contributed by atoms with E-state index in [0.29, 0.717) is 40.1 Å². The van der Waals surface area contributed by atoms with Crippen LogP contribution in [0.15, 0.2) is 48.2 Å². The lowest BCUT2D eigenvalue weighted by atomic mass is 9.97. The third-order valence-electron chi connectivity index (χ3n) is 5.96. The van der Waals surface area contributed by atoms with Gasteiger partial charge < -0.3 is 10.0 Å². The van der Waals surface area contributed by atoms with Gasteiger partial charge in [-0.1, -0.05) is 48.3 Å². The molecule has 162 valence electrons. The van der Waals surface area contributed by atoms with Gasteiger partial charge in [0.25, 0.3) is 11.8 Å². The highest BCUT2D eigenvalue weighted by molar-refractivity contribution is 6.47. The molecule has 1 unspecified atom stereocenters. The Hall–Kier alpha value is -2.34. The molecule has 7 heteroatoms. The molecule has 2 aromatic rings. The Bertz CT molecular complexity index is 1050. The minimum absolute atomic E-state index is 0.0468. The van der Waals surface area contributed by atoms with Gasteiger partial charge in [-0.25, -0.2) is 4.90 Å². The van der Waals surface area contributed by atoms with E-state index in [2.05, 4.69) is 6.92 Å². The number of anilines is 1. The van der Waals surface area contributed by atoms with E-state index in [9.17, 15) is 14.7 Å². The summed E-state index contributed by atoms with van der Waals surface area (Å²) >= 11 is 12.5. The Morgan fingerprint density at radius 1 is 1.06 bits per heavy atom. The van der Waals surface area contributed by atoms with Crippen LogP contribution in [-0.4, -0.2) is 41.5 Å². The van der Waals surface area contributed by atoms with Crippen LogP contribution in [0.2, 0.25) is 10.0 Å². The second-order valence-corrected chi connectivity index (χ2v) is 8.79. The third kappa shape index (κ3) is 4.10. The molecule has 0 aliphatic carbocycles. The molecule has 5 nitrogen and oxygen atoms in total. The van der Waals surface area contributed by atoms with Crippen molar-refractivity contribution in [2.75, 3.05) is 24.6 Å². The zero-order valence-corrected chi connectivity index (χ0v) is 18.8. The number of piperidine rings is 1. The standard InChI is InChI=1S/C24H24Cl2N2O3/c1-2-15-5-8-18(9-6-15)28-23(30)21(19-10-7-17(25)12-20(19)26)22(24(28)31)27-11-3-4-16(13-27)14-29/h5-10,12,16,29H,2-4,11,13-14H2,1H3. The van der Waals surface area contributed by atoms with Gasteiger partial charge in [-0.2, -0.15) is 0 Å². The van der Waals surface area contributed by atoms with E-state index in [4.69, 9.17) is 23.2 Å². The Labute approximate surface area is 191 Å². The van der Waals surface area contributed by atoms with Crippen LogP contribution in [0, 0.1) is 5.92 Å². The zero-order valence-electron chi connectivity index (χ0n) is 17.3. The highest BCUT2D eigenvalue weighted by Gasteiger charge is 2.43. The molecule has 2 amide bonds. The normalized spacial score (nSPS) is 19.5. The van der Waals surface area contributed by atoms with E-state index in [-0.39, 0.29) is 24.0 Å². The molecule has 2 aliphatic heterocycles. The molecule has 1 saturated heterocycles. The molecule has 0 aromatic heterocycles. The molecule has 0 bridgehead atoms. The Morgan fingerprint density at radius 2 is 1.81 bits per heavy atom. The SMILES string of the molecule is CCc1ccc(N2C(=O)C(c3ccc(Cl)cc3Cl)=C(N3CCCC(CO)C3)C2=O)cc1. The predicted octanol–water partition coefficient (Wildman–Crippen LogP) is 4.54. The highest BCUT2D eigenvalue weighted by Crippen LogP contribution is 2.39. The smallest absolute Gasteiger partial charge is 0.282 e. The van der Waals surface area contributed by atoms with Gasteiger partial charge in [-0.3, -0.25) is 9.59 Å². The van der Waals surface area contributed by atoms with E-state index >= 15 is 0 Å². The fourth-order valence-electron chi connectivity index (χ4n) is 4.28. The molecule has 0 radical (unpaired) electrons. The fraction of sp³-hybridized carbons (Fsp3) is 0.333. The first-order valence-corrected chi connectivity index (χ1v) is 11.2. The minimum Gasteiger partial charge on any atom is -0.396 e. The quantitative estimate of drug-likeness (QED) is 0.667. The molecule has 0 spiro atoms. The molecule has 1 N–H and O–H groups in total. The lowest BCUT2D eigenvalue weighted by Crippen LogP contribution is -2.40. The van der Waals surface area contributed by atoms with Gasteiger partial charge in [0.05, 0.1) is 16.3 Å². The number of hydrogen-bond donors (Lipinski definition) is 1. The van der Waals surface area contributed by atoms with Gasteiger partial charge in [0.1, 0.15) is 5.70 Å². The van der Waals surface area contributed by atoms with Crippen molar-refractivity contribution in [1.29, 1.82) is 0 Å². The molecule has 2 aliphatic rings. The molecule has 1 atom stereocenters. The average molecular weight is 459 g/mol. The Morgan fingerprint density at radius 3 is 2.45 bits per heavy atom. The highest BCUT2D eigenvalue weighted by atomic mass is 35.5. The number of rotatable bonds is 5. The molecule has 31 heavy (non-hydrogen) atoms. The van der Waals surface area contributed by atoms with Gasteiger partial charge in [-0.15, -0.1) is 0 Å². The van der Waals surface area contributed by atoms with Crippen LogP contribution >= 0.6 is 23.2 Å². The van der Waals surface area contributed by atoms with Crippen molar-refractivity contribution in [2.45, 2.75) is 26.2 Å². The largest absolute Gasteiger partial charge is 0.396 e. The van der Waals surface area contributed by atoms with Crippen molar-refractivity contribution in [2.24, 2.45) is 5.92 Å². The second-order valence-electron chi connectivity index (χ2n) is 7.95. The minimum atomic E-state index is -0.403. The lowest BCUT2D eigenvalue weighted by molar-refractivity contribution is -0.120. The molecular weight excluding hydrogens is 435 g/mol. The number of benzene rings is 2. The van der Waals surface area contributed by atoms with Gasteiger partial charge in [0, 0.05) is 30.3 Å². The van der Waals surface area contributed by atoms with Crippen LogP contribution in [0.25, 0.3) is 5.57 Å². The third-order valence-corrected chi connectivity index (χ3v) is 6.50. The molecular formula is C24H24Cl2N2O3. The van der Waals surface area contributed by atoms with Gasteiger partial charge in [0.15, 0.2) is 0 Å². The van der Waals surface area contributed by atoms with E-state index in [1.807, 2.05) is 17.0 Å². The molecule has 1 fully saturated rings. The van der Waals surface area contributed by atoms with Crippen LogP contribution < -0.4 is 4.90 Å². The fourth-order valence-corrected chi connectivity index (χ4v) is 4.78. The van der Waals surface area contributed by atoms with Crippen molar-refractivity contribution in [3.05, 3.63) is 69.3 Å². The summed E-state index contributed by atoms with van der Waals surface area (Å²) in [5, 5.41) is 10.4. The second kappa shape index (κ2) is 9.03. The predicted molar refractivity (Wildman–Crippen MR) is 123 cm³/mol. The maximum atomic E-state index is 13.6. The number of carbonyl (C=O) groups is 2. The number of imide groups is 1. The van der Waals surface area contributed by atoms with Gasteiger partial charge >= 0.3 is 0 Å². The number of carbonyl (C=O) groups excluding carboxylic acids is 2. The Kier molecular flexibility index (Phi) is 6.37. The molecule has 0 saturated carbocycles. The summed E-state index contributed by atoms with van der Waals surface area (Å²) in [6, 6.07) is 12.4. The number of aliphatic hydroxyl groups is 1. The van der Waals surface area contributed by atoms with Crippen molar-refractivity contribution in [3.63, 3.8) is 0 Å². The Balaban J connectivity index is 1.82. The molecule has 2 aromatic carbocycles. The lowest BCUT2D eigenvalue weighted by Gasteiger charge is -2.34. The topological polar surface area (TPSA) is 60.9 Å². The van der Waals surface area contributed by atoms with Crippen LogP contribution in [0.4, 0.5) is 5.69 Å². The average Bonchev–Trinajstić information content (AvgIpc) is 3.04. The first-order chi connectivity index (χ1) is 14.9. The van der Waals surface area contributed by atoms with Crippen molar-refractivity contribution in [3.8, 4) is 0 Å². The first-order valence-electron chi connectivity index (χ1n) is 10.5. The first kappa shape index (κ1) is 21.9. The van der Waals surface area contributed by atoms with E-state index in [1.165, 1.54) is 4.90 Å². The number of nitrogens with zero attached hydrogens (tertiary/aromatic N) is 2. The summed E-state index contributed by atoms with van der Waals surface area (Å²) in [5.74, 6) is -0.711. The van der Waals surface area contributed by atoms with Crippen LogP contribution in [0.3, 0.4) is 0 Å². The van der Waals surface area contributed by atoms with Crippen molar-refractivity contribution < 1.29 is 14.7 Å².